The summed E-state index contributed by atoms with van der Waals surface area (Å²) in [6.07, 6.45) is 4.09. The van der Waals surface area contributed by atoms with Gasteiger partial charge < -0.3 is 15.6 Å². The van der Waals surface area contributed by atoms with Gasteiger partial charge >= 0.3 is 0 Å². The topological polar surface area (TPSA) is 72.5 Å². The molecule has 0 unspecified atom stereocenters. The van der Waals surface area contributed by atoms with Crippen LogP contribution in [0.3, 0.4) is 0 Å². The van der Waals surface area contributed by atoms with Crippen LogP contribution in [0.25, 0.3) is 6.08 Å². The van der Waals surface area contributed by atoms with Gasteiger partial charge in [-0.3, -0.25) is 4.79 Å². The highest BCUT2D eigenvalue weighted by molar-refractivity contribution is 5.83. The molecule has 0 aromatic heterocycles. The summed E-state index contributed by atoms with van der Waals surface area (Å²) in [5.74, 6) is 0.279. The maximum Gasteiger partial charge on any atom is 0.161 e. The molecule has 0 aliphatic rings. The Bertz CT molecular complexity index is 386. The normalized spacial score (nSPS) is 10.5. The highest BCUT2D eigenvalue weighted by atomic mass is 16.5. The van der Waals surface area contributed by atoms with Gasteiger partial charge in [0, 0.05) is 12.1 Å². The van der Waals surface area contributed by atoms with Gasteiger partial charge in [-0.15, -0.1) is 0 Å². The first-order valence-electron chi connectivity index (χ1n) is 4.45. The van der Waals surface area contributed by atoms with Crippen LogP contribution in [0.1, 0.15) is 15.9 Å². The van der Waals surface area contributed by atoms with Gasteiger partial charge in [-0.1, -0.05) is 12.2 Å². The van der Waals surface area contributed by atoms with E-state index < -0.39 is 0 Å². The van der Waals surface area contributed by atoms with Crippen molar-refractivity contribution in [2.24, 2.45) is 5.73 Å². The fraction of sp³-hybridized carbons (Fsp3) is 0.182. The lowest BCUT2D eigenvalue weighted by atomic mass is 10.1. The van der Waals surface area contributed by atoms with Crippen molar-refractivity contribution in [3.63, 3.8) is 0 Å². The second kappa shape index (κ2) is 5.17. The third kappa shape index (κ3) is 2.57. The van der Waals surface area contributed by atoms with Crippen LogP contribution in [0.15, 0.2) is 18.2 Å². The van der Waals surface area contributed by atoms with Gasteiger partial charge in [0.2, 0.25) is 0 Å². The average Bonchev–Trinajstić information content (AvgIpc) is 2.26. The number of ether oxygens (including phenoxy) is 1. The third-order valence-corrected chi connectivity index (χ3v) is 1.94. The van der Waals surface area contributed by atoms with Crippen molar-refractivity contribution in [1.82, 2.24) is 0 Å². The Hall–Kier alpha value is -1.81. The summed E-state index contributed by atoms with van der Waals surface area (Å²) >= 11 is 0. The average molecular weight is 207 g/mol. The second-order valence-corrected chi connectivity index (χ2v) is 2.91. The summed E-state index contributed by atoms with van der Waals surface area (Å²) in [6, 6.07) is 2.95. The van der Waals surface area contributed by atoms with Gasteiger partial charge in [0.25, 0.3) is 0 Å². The number of aldehydes is 1. The predicted octanol–water partition coefficient (Wildman–Crippen LogP) is 1.19. The van der Waals surface area contributed by atoms with Crippen LogP contribution in [0.2, 0.25) is 0 Å². The molecule has 3 N–H and O–H groups in total. The van der Waals surface area contributed by atoms with Gasteiger partial charge in [-0.05, 0) is 17.7 Å². The molecule has 4 nitrogen and oxygen atoms in total. The van der Waals surface area contributed by atoms with Gasteiger partial charge in [-0.2, -0.15) is 0 Å². The zero-order valence-electron chi connectivity index (χ0n) is 8.43. The van der Waals surface area contributed by atoms with Gasteiger partial charge in [-0.25, -0.2) is 0 Å². The van der Waals surface area contributed by atoms with Crippen molar-refractivity contribution in [3.05, 3.63) is 29.3 Å². The summed E-state index contributed by atoms with van der Waals surface area (Å²) in [7, 11) is 1.43. The van der Waals surface area contributed by atoms with Crippen LogP contribution in [-0.4, -0.2) is 25.0 Å². The maximum atomic E-state index is 10.8. The number of hydrogen-bond acceptors (Lipinski definition) is 4. The molecule has 0 fully saturated rings. The molecule has 0 atom stereocenters. The summed E-state index contributed by atoms with van der Waals surface area (Å²) in [6.45, 7) is 0.380. The Morgan fingerprint density at radius 3 is 2.73 bits per heavy atom. The minimum atomic E-state index is -0.000212. The molecule has 0 spiro atoms. The van der Waals surface area contributed by atoms with Crippen LogP contribution in [0.5, 0.6) is 11.5 Å². The molecular formula is C11H13NO3. The summed E-state index contributed by atoms with van der Waals surface area (Å²) in [5, 5.41) is 9.50. The first-order chi connectivity index (χ1) is 7.22. The molecule has 15 heavy (non-hydrogen) atoms. The Morgan fingerprint density at radius 1 is 1.47 bits per heavy atom. The lowest BCUT2D eigenvalue weighted by Gasteiger charge is -2.06. The van der Waals surface area contributed by atoms with E-state index >= 15 is 0 Å². The van der Waals surface area contributed by atoms with E-state index in [1.165, 1.54) is 19.2 Å². The Balaban J connectivity index is 3.21. The number of methoxy groups -OCH3 is 1. The fourth-order valence-electron chi connectivity index (χ4n) is 1.21. The number of rotatable bonds is 4. The van der Waals surface area contributed by atoms with E-state index in [0.29, 0.717) is 24.0 Å². The molecule has 0 aliphatic heterocycles. The van der Waals surface area contributed by atoms with E-state index in [2.05, 4.69) is 0 Å². The van der Waals surface area contributed by atoms with Gasteiger partial charge in [0.15, 0.2) is 17.8 Å². The van der Waals surface area contributed by atoms with Crippen molar-refractivity contribution in [1.29, 1.82) is 0 Å². The lowest BCUT2D eigenvalue weighted by molar-refractivity contribution is 0.112. The van der Waals surface area contributed by atoms with Crippen LogP contribution in [0, 0.1) is 0 Å². The zero-order chi connectivity index (χ0) is 11.3. The lowest BCUT2D eigenvalue weighted by Crippen LogP contribution is -1.94. The van der Waals surface area contributed by atoms with Crippen molar-refractivity contribution >= 4 is 12.4 Å². The number of aromatic hydroxyl groups is 1. The number of carbonyl (C=O) groups is 1. The molecule has 1 aromatic rings. The Labute approximate surface area is 88.0 Å². The van der Waals surface area contributed by atoms with Gasteiger partial charge in [0.05, 0.1) is 7.11 Å². The number of carbonyl (C=O) groups excluding carboxylic acids is 1. The first kappa shape index (κ1) is 11.3. The van der Waals surface area contributed by atoms with E-state index in [1.54, 1.807) is 12.2 Å². The molecule has 0 bridgehead atoms. The molecule has 80 valence electrons. The van der Waals surface area contributed by atoms with E-state index in [9.17, 15) is 9.90 Å². The van der Waals surface area contributed by atoms with Crippen LogP contribution in [0.4, 0.5) is 0 Å². The SMILES string of the molecule is COc1cc(C=O)c(C=CCN)cc1O. The molecule has 0 saturated carbocycles. The number of phenolic OH excluding ortho intramolecular Hbond substituents is 1. The summed E-state index contributed by atoms with van der Waals surface area (Å²) < 4.78 is 4.89. The zero-order valence-corrected chi connectivity index (χ0v) is 8.43. The smallest absolute Gasteiger partial charge is 0.161 e. The number of phenols is 1. The minimum Gasteiger partial charge on any atom is -0.504 e. The molecule has 0 amide bonds. The van der Waals surface area contributed by atoms with Crippen LogP contribution in [-0.2, 0) is 0 Å². The number of benzene rings is 1. The van der Waals surface area contributed by atoms with Gasteiger partial charge in [0.1, 0.15) is 0 Å². The quantitative estimate of drug-likeness (QED) is 0.727. The van der Waals surface area contributed by atoms with E-state index in [1.807, 2.05) is 0 Å². The molecule has 4 heteroatoms. The molecule has 1 rings (SSSR count). The van der Waals surface area contributed by atoms with Crippen LogP contribution < -0.4 is 10.5 Å². The second-order valence-electron chi connectivity index (χ2n) is 2.91. The minimum absolute atomic E-state index is 0.000212. The molecule has 0 saturated heterocycles. The number of nitrogens with two attached hydrogens (primary N) is 1. The largest absolute Gasteiger partial charge is 0.504 e. The van der Waals surface area contributed by atoms with E-state index in [4.69, 9.17) is 10.5 Å². The van der Waals surface area contributed by atoms with Crippen molar-refractivity contribution in [2.45, 2.75) is 0 Å². The third-order valence-electron chi connectivity index (χ3n) is 1.94. The summed E-state index contributed by atoms with van der Waals surface area (Å²) in [4.78, 5) is 10.8. The predicted molar refractivity (Wildman–Crippen MR) is 58.1 cm³/mol. The van der Waals surface area contributed by atoms with Crippen molar-refractivity contribution in [3.8, 4) is 11.5 Å². The Kier molecular flexibility index (Phi) is 3.88. The molecule has 0 heterocycles. The van der Waals surface area contributed by atoms with Crippen molar-refractivity contribution in [2.75, 3.05) is 13.7 Å². The standard InChI is InChI=1S/C11H13NO3/c1-15-11-6-9(7-13)8(3-2-4-12)5-10(11)14/h2-3,5-7,14H,4,12H2,1H3. The molecular weight excluding hydrogens is 194 g/mol. The maximum absolute atomic E-state index is 10.8. The van der Waals surface area contributed by atoms with Crippen molar-refractivity contribution < 1.29 is 14.6 Å². The molecule has 0 radical (unpaired) electrons. The van der Waals surface area contributed by atoms with Crippen LogP contribution >= 0.6 is 0 Å². The highest BCUT2D eigenvalue weighted by Crippen LogP contribution is 2.29. The first-order valence-corrected chi connectivity index (χ1v) is 4.45. The Morgan fingerprint density at radius 2 is 2.20 bits per heavy atom. The summed E-state index contributed by atoms with van der Waals surface area (Å²) in [5.41, 5.74) is 6.37. The fourth-order valence-corrected chi connectivity index (χ4v) is 1.21. The van der Waals surface area contributed by atoms with E-state index in [-0.39, 0.29) is 11.5 Å². The molecule has 0 aliphatic carbocycles. The highest BCUT2D eigenvalue weighted by Gasteiger charge is 2.06. The van der Waals surface area contributed by atoms with E-state index in [0.717, 1.165) is 0 Å². The number of hydrogen-bond donors (Lipinski definition) is 2. The molecule has 1 aromatic carbocycles. The monoisotopic (exact) mass is 207 g/mol.